The lowest BCUT2D eigenvalue weighted by molar-refractivity contribution is -0.0757. The second-order valence-electron chi connectivity index (χ2n) is 4.57. The molecule has 0 spiro atoms. The van der Waals surface area contributed by atoms with Crippen molar-refractivity contribution in [3.05, 3.63) is 59.4 Å². The van der Waals surface area contributed by atoms with Crippen molar-refractivity contribution in [2.45, 2.75) is 13.5 Å². The van der Waals surface area contributed by atoms with Gasteiger partial charge in [-0.25, -0.2) is 5.06 Å². The van der Waals surface area contributed by atoms with Gasteiger partial charge < -0.3 is 4.74 Å². The Morgan fingerprint density at radius 3 is 2.52 bits per heavy atom. The number of amides is 1. The summed E-state index contributed by atoms with van der Waals surface area (Å²) < 4.78 is 5.65. The molecule has 0 fully saturated rings. The minimum Gasteiger partial charge on any atom is -0.487 e. The van der Waals surface area contributed by atoms with Gasteiger partial charge >= 0.3 is 0 Å². The summed E-state index contributed by atoms with van der Waals surface area (Å²) in [5.41, 5.74) is 2.37. The second kappa shape index (κ2) is 6.85. The predicted molar refractivity (Wildman–Crippen MR) is 78.9 cm³/mol. The number of hydrogen-bond donors (Lipinski definition) is 0. The van der Waals surface area contributed by atoms with Crippen LogP contribution in [0.3, 0.4) is 0 Å². The summed E-state index contributed by atoms with van der Waals surface area (Å²) in [6.45, 7) is 2.34. The van der Waals surface area contributed by atoms with Crippen LogP contribution in [0.4, 0.5) is 0 Å². The first-order chi connectivity index (χ1) is 10.1. The summed E-state index contributed by atoms with van der Waals surface area (Å²) in [4.78, 5) is 21.1. The maximum absolute atomic E-state index is 11.9. The summed E-state index contributed by atoms with van der Waals surface area (Å²) in [5.74, 6) is 0.485. The molecule has 0 unspecified atom stereocenters. The van der Waals surface area contributed by atoms with Crippen LogP contribution in [-0.4, -0.2) is 30.1 Å². The fraction of sp³-hybridized carbons (Fsp3) is 0.250. The number of benzene rings is 1. The molecule has 0 radical (unpaired) electrons. The van der Waals surface area contributed by atoms with Gasteiger partial charge in [-0.2, -0.15) is 0 Å². The van der Waals surface area contributed by atoms with Crippen molar-refractivity contribution >= 4 is 5.91 Å². The van der Waals surface area contributed by atoms with Gasteiger partial charge in [-0.05, 0) is 43.3 Å². The molecule has 21 heavy (non-hydrogen) atoms. The maximum Gasteiger partial charge on any atom is 0.277 e. The number of carbonyl (C=O) groups excluding carboxylic acids is 1. The first-order valence-electron chi connectivity index (χ1n) is 6.57. The van der Waals surface area contributed by atoms with Gasteiger partial charge in [0.05, 0.1) is 12.8 Å². The number of ether oxygens (including phenoxy) is 1. The number of hydroxylamine groups is 2. The molecule has 1 heterocycles. The average molecular weight is 286 g/mol. The smallest absolute Gasteiger partial charge is 0.277 e. The van der Waals surface area contributed by atoms with Crippen LogP contribution in [0.5, 0.6) is 5.75 Å². The van der Waals surface area contributed by atoms with Crippen LogP contribution in [0.15, 0.2) is 42.5 Å². The monoisotopic (exact) mass is 286 g/mol. The van der Waals surface area contributed by atoms with E-state index in [0.717, 1.165) is 11.4 Å². The van der Waals surface area contributed by atoms with E-state index in [1.165, 1.54) is 12.2 Å². The molecule has 2 aromatic rings. The fourth-order valence-electron chi connectivity index (χ4n) is 1.80. The van der Waals surface area contributed by atoms with Crippen molar-refractivity contribution in [1.82, 2.24) is 10.0 Å². The van der Waals surface area contributed by atoms with Crippen molar-refractivity contribution in [1.29, 1.82) is 0 Å². The lowest BCUT2D eigenvalue weighted by Crippen LogP contribution is -2.25. The van der Waals surface area contributed by atoms with Crippen molar-refractivity contribution in [3.8, 4) is 5.75 Å². The van der Waals surface area contributed by atoms with Crippen LogP contribution in [0, 0.1) is 6.92 Å². The summed E-state index contributed by atoms with van der Waals surface area (Å²) in [5, 5.41) is 1.17. The molecule has 5 nitrogen and oxygen atoms in total. The summed E-state index contributed by atoms with van der Waals surface area (Å²) >= 11 is 0. The topological polar surface area (TPSA) is 51.7 Å². The second-order valence-corrected chi connectivity index (χ2v) is 4.57. The number of rotatable bonds is 5. The number of pyridine rings is 1. The van der Waals surface area contributed by atoms with E-state index >= 15 is 0 Å². The van der Waals surface area contributed by atoms with Gasteiger partial charge in [-0.1, -0.05) is 6.07 Å². The molecule has 0 aliphatic carbocycles. The van der Waals surface area contributed by atoms with Gasteiger partial charge in [0.1, 0.15) is 12.4 Å². The highest BCUT2D eigenvalue weighted by Crippen LogP contribution is 2.15. The Balaban J connectivity index is 1.98. The molecule has 0 saturated carbocycles. The average Bonchev–Trinajstić information content (AvgIpc) is 2.52. The molecule has 0 N–H and O–H groups in total. The molecule has 0 atom stereocenters. The molecule has 1 amide bonds. The molecule has 0 saturated heterocycles. The van der Waals surface area contributed by atoms with Crippen molar-refractivity contribution in [2.75, 3.05) is 14.2 Å². The fourth-order valence-corrected chi connectivity index (χ4v) is 1.80. The van der Waals surface area contributed by atoms with Crippen LogP contribution < -0.4 is 4.74 Å². The lowest BCUT2D eigenvalue weighted by atomic mass is 10.2. The zero-order valence-corrected chi connectivity index (χ0v) is 12.4. The molecule has 2 rings (SSSR count). The number of aryl methyl sites for hydroxylation is 1. The summed E-state index contributed by atoms with van der Waals surface area (Å²) in [6, 6.07) is 12.7. The molecule has 1 aromatic carbocycles. The van der Waals surface area contributed by atoms with Crippen molar-refractivity contribution in [2.24, 2.45) is 0 Å². The van der Waals surface area contributed by atoms with E-state index in [4.69, 9.17) is 9.57 Å². The Morgan fingerprint density at radius 2 is 1.90 bits per heavy atom. The van der Waals surface area contributed by atoms with E-state index in [-0.39, 0.29) is 5.91 Å². The van der Waals surface area contributed by atoms with E-state index in [1.54, 1.807) is 31.3 Å². The number of nitrogens with zero attached hydrogens (tertiary/aromatic N) is 2. The Morgan fingerprint density at radius 1 is 1.19 bits per heavy atom. The molecule has 110 valence electrons. The van der Waals surface area contributed by atoms with E-state index < -0.39 is 0 Å². The van der Waals surface area contributed by atoms with E-state index in [0.29, 0.717) is 17.9 Å². The largest absolute Gasteiger partial charge is 0.487 e. The van der Waals surface area contributed by atoms with Crippen LogP contribution in [0.2, 0.25) is 0 Å². The van der Waals surface area contributed by atoms with Crippen LogP contribution in [0.25, 0.3) is 0 Å². The van der Waals surface area contributed by atoms with Gasteiger partial charge in [0.2, 0.25) is 0 Å². The van der Waals surface area contributed by atoms with Crippen LogP contribution >= 0.6 is 0 Å². The van der Waals surface area contributed by atoms with Gasteiger partial charge in [0.15, 0.2) is 0 Å². The third kappa shape index (κ3) is 4.03. The predicted octanol–water partition coefficient (Wildman–Crippen LogP) is 2.60. The summed E-state index contributed by atoms with van der Waals surface area (Å²) in [6.07, 6.45) is 0. The Hall–Kier alpha value is -2.40. The third-order valence-electron chi connectivity index (χ3n) is 2.99. The highest BCUT2D eigenvalue weighted by molar-refractivity contribution is 5.93. The molecular weight excluding hydrogens is 268 g/mol. The highest BCUT2D eigenvalue weighted by atomic mass is 16.7. The minimum atomic E-state index is -0.204. The molecule has 1 aromatic heterocycles. The van der Waals surface area contributed by atoms with Crippen molar-refractivity contribution < 1.29 is 14.4 Å². The van der Waals surface area contributed by atoms with E-state index in [1.807, 2.05) is 25.1 Å². The van der Waals surface area contributed by atoms with Crippen molar-refractivity contribution in [3.63, 3.8) is 0 Å². The zero-order valence-electron chi connectivity index (χ0n) is 12.4. The molecule has 0 aliphatic heterocycles. The standard InChI is InChI=1S/C16H18N2O3/c1-12-5-4-6-14(17-12)11-21-15-9-7-13(8-10-15)16(19)18(2)20-3/h4-10H,11H2,1-3H3. The maximum atomic E-state index is 11.9. The van der Waals surface area contributed by atoms with E-state index in [9.17, 15) is 4.79 Å². The number of aromatic nitrogens is 1. The third-order valence-corrected chi connectivity index (χ3v) is 2.99. The van der Waals surface area contributed by atoms with Gasteiger partial charge in [-0.15, -0.1) is 0 Å². The Bertz CT molecular complexity index is 611. The first-order valence-corrected chi connectivity index (χ1v) is 6.57. The van der Waals surface area contributed by atoms with E-state index in [2.05, 4.69) is 4.98 Å². The summed E-state index contributed by atoms with van der Waals surface area (Å²) in [7, 11) is 3.01. The highest BCUT2D eigenvalue weighted by Gasteiger charge is 2.10. The van der Waals surface area contributed by atoms with Gasteiger partial charge in [0.25, 0.3) is 5.91 Å². The lowest BCUT2D eigenvalue weighted by Gasteiger charge is -2.13. The van der Waals surface area contributed by atoms with Crippen LogP contribution in [-0.2, 0) is 11.4 Å². The minimum absolute atomic E-state index is 0.204. The van der Waals surface area contributed by atoms with Gasteiger partial charge in [0, 0.05) is 18.3 Å². The SMILES string of the molecule is CON(C)C(=O)c1ccc(OCc2cccc(C)n2)cc1. The molecule has 0 aliphatic rings. The van der Waals surface area contributed by atoms with Crippen LogP contribution in [0.1, 0.15) is 21.7 Å². The molecular formula is C16H18N2O3. The normalized spacial score (nSPS) is 10.2. The zero-order chi connectivity index (χ0) is 15.2. The Labute approximate surface area is 124 Å². The number of carbonyl (C=O) groups is 1. The first kappa shape index (κ1) is 15.0. The van der Waals surface area contributed by atoms with Gasteiger partial charge in [-0.3, -0.25) is 14.6 Å². The quantitative estimate of drug-likeness (QED) is 0.793. The number of hydrogen-bond acceptors (Lipinski definition) is 4. The Kier molecular flexibility index (Phi) is 4.90. The molecule has 5 heteroatoms. The molecule has 0 bridgehead atoms.